The quantitative estimate of drug-likeness (QED) is 0.229. The summed E-state index contributed by atoms with van der Waals surface area (Å²) in [4.78, 5) is 33.1. The number of nitrogens with zero attached hydrogens (tertiary/aromatic N) is 3. The van der Waals surface area contributed by atoms with E-state index in [9.17, 15) is 18.4 Å². The Labute approximate surface area is 215 Å². The molecule has 2 heterocycles. The lowest BCUT2D eigenvalue weighted by molar-refractivity contribution is 0.0724. The van der Waals surface area contributed by atoms with E-state index >= 15 is 0 Å². The maximum absolute atomic E-state index is 14.4. The third-order valence-electron chi connectivity index (χ3n) is 6.22. The number of hydrogen-bond donors (Lipinski definition) is 0. The summed E-state index contributed by atoms with van der Waals surface area (Å²) in [6.45, 7) is 1.42. The number of piperidine rings is 1. The van der Waals surface area contributed by atoms with Crippen molar-refractivity contribution in [3.05, 3.63) is 98.8 Å². The van der Waals surface area contributed by atoms with Crippen molar-refractivity contribution in [3.8, 4) is 5.69 Å². The summed E-state index contributed by atoms with van der Waals surface area (Å²) < 4.78 is 29.4. The van der Waals surface area contributed by atoms with Crippen molar-refractivity contribution < 1.29 is 13.6 Å². The molecule has 184 valence electrons. The molecule has 9 heteroatoms. The van der Waals surface area contributed by atoms with Gasteiger partial charge in [0.1, 0.15) is 11.6 Å². The van der Waals surface area contributed by atoms with Crippen LogP contribution in [0.2, 0.25) is 5.02 Å². The molecule has 0 unspecified atom stereocenters. The van der Waals surface area contributed by atoms with Gasteiger partial charge >= 0.3 is 0 Å². The number of likely N-dealkylation sites (tertiary alicyclic amines) is 1. The van der Waals surface area contributed by atoms with Crippen LogP contribution in [0.25, 0.3) is 16.6 Å². The Bertz CT molecular complexity index is 1480. The van der Waals surface area contributed by atoms with Crippen molar-refractivity contribution in [2.24, 2.45) is 0 Å². The maximum atomic E-state index is 14.4. The largest absolute Gasteiger partial charge is 0.339 e. The zero-order valence-corrected chi connectivity index (χ0v) is 20.8. The van der Waals surface area contributed by atoms with Crippen LogP contribution in [0, 0.1) is 11.6 Å². The third-order valence-corrected chi connectivity index (χ3v) is 7.54. The van der Waals surface area contributed by atoms with E-state index in [2.05, 4.69) is 0 Å². The zero-order valence-electron chi connectivity index (χ0n) is 19.2. The van der Waals surface area contributed by atoms with Gasteiger partial charge in [-0.2, -0.15) is 0 Å². The lowest BCUT2D eigenvalue weighted by Crippen LogP contribution is -2.35. The van der Waals surface area contributed by atoms with E-state index < -0.39 is 11.6 Å². The van der Waals surface area contributed by atoms with Gasteiger partial charge in [0.15, 0.2) is 5.16 Å². The highest BCUT2D eigenvalue weighted by atomic mass is 35.5. The van der Waals surface area contributed by atoms with Gasteiger partial charge in [0.05, 0.1) is 16.6 Å². The smallest absolute Gasteiger partial charge is 0.266 e. The Morgan fingerprint density at radius 2 is 1.75 bits per heavy atom. The average Bonchev–Trinajstić information content (AvgIpc) is 2.89. The monoisotopic (exact) mass is 525 g/mol. The summed E-state index contributed by atoms with van der Waals surface area (Å²) in [5.41, 5.74) is 1.17. The van der Waals surface area contributed by atoms with Crippen LogP contribution < -0.4 is 5.56 Å². The molecule has 0 bridgehead atoms. The predicted molar refractivity (Wildman–Crippen MR) is 138 cm³/mol. The van der Waals surface area contributed by atoms with Crippen molar-refractivity contribution in [1.82, 2.24) is 14.5 Å². The summed E-state index contributed by atoms with van der Waals surface area (Å²) in [6.07, 6.45) is 3.05. The molecule has 36 heavy (non-hydrogen) atoms. The van der Waals surface area contributed by atoms with Crippen LogP contribution in [-0.4, -0.2) is 33.4 Å². The van der Waals surface area contributed by atoms with Crippen LogP contribution in [0.5, 0.6) is 0 Å². The number of fused-ring (bicyclic) bond motifs is 1. The topological polar surface area (TPSA) is 55.2 Å². The summed E-state index contributed by atoms with van der Waals surface area (Å²) in [5, 5.41) is 0.872. The van der Waals surface area contributed by atoms with Gasteiger partial charge in [-0.15, -0.1) is 0 Å². The van der Waals surface area contributed by atoms with Gasteiger partial charge in [0, 0.05) is 35.0 Å². The highest BCUT2D eigenvalue weighted by molar-refractivity contribution is 7.98. The first-order valence-electron chi connectivity index (χ1n) is 11.6. The third kappa shape index (κ3) is 4.88. The molecule has 0 atom stereocenters. The number of halogens is 3. The van der Waals surface area contributed by atoms with Crippen LogP contribution in [0.15, 0.2) is 70.6 Å². The number of aromatic nitrogens is 2. The van der Waals surface area contributed by atoms with Crippen LogP contribution in [0.3, 0.4) is 0 Å². The van der Waals surface area contributed by atoms with E-state index in [4.69, 9.17) is 16.6 Å². The van der Waals surface area contributed by atoms with E-state index in [1.165, 1.54) is 41.0 Å². The molecule has 5 rings (SSSR count). The molecule has 0 aliphatic carbocycles. The van der Waals surface area contributed by atoms with E-state index in [-0.39, 0.29) is 33.0 Å². The van der Waals surface area contributed by atoms with Gasteiger partial charge in [-0.3, -0.25) is 14.2 Å². The minimum atomic E-state index is -0.458. The van der Waals surface area contributed by atoms with Crippen molar-refractivity contribution in [1.29, 1.82) is 0 Å². The first-order chi connectivity index (χ1) is 17.4. The van der Waals surface area contributed by atoms with Gasteiger partial charge in [-0.25, -0.2) is 13.8 Å². The standard InChI is InChI=1S/C27H22ClF2N3O2S/c28-22-5-4-6-23(30)21(22)16-36-27-31-24-15-17(25(34)32-13-2-1-3-14-32)7-12-20(24)26(35)33(27)19-10-8-18(29)9-11-19/h4-12,15H,1-3,13-14,16H2. The van der Waals surface area contributed by atoms with Gasteiger partial charge in [-0.05, 0) is 73.9 Å². The second-order valence-electron chi connectivity index (χ2n) is 8.59. The van der Waals surface area contributed by atoms with Crippen molar-refractivity contribution >= 4 is 40.2 Å². The number of benzene rings is 3. The number of carbonyl (C=O) groups excluding carboxylic acids is 1. The van der Waals surface area contributed by atoms with Crippen molar-refractivity contribution in [2.45, 2.75) is 30.2 Å². The zero-order chi connectivity index (χ0) is 25.2. The summed E-state index contributed by atoms with van der Waals surface area (Å²) >= 11 is 7.34. The molecule has 1 aliphatic heterocycles. The summed E-state index contributed by atoms with van der Waals surface area (Å²) in [5.74, 6) is -0.861. The molecule has 1 fully saturated rings. The van der Waals surface area contributed by atoms with Crippen molar-refractivity contribution in [2.75, 3.05) is 13.1 Å². The minimum absolute atomic E-state index is 0.0894. The molecule has 1 amide bonds. The summed E-state index contributed by atoms with van der Waals surface area (Å²) in [7, 11) is 0. The molecule has 4 aromatic rings. The number of amides is 1. The highest BCUT2D eigenvalue weighted by Crippen LogP contribution is 2.29. The molecular formula is C27H22ClF2N3O2S. The molecule has 3 aromatic carbocycles. The lowest BCUT2D eigenvalue weighted by Gasteiger charge is -2.26. The SMILES string of the molecule is O=C(c1ccc2c(=O)n(-c3ccc(F)cc3)c(SCc3c(F)cccc3Cl)nc2c1)N1CCCCC1. The molecule has 5 nitrogen and oxygen atoms in total. The molecule has 1 aliphatic rings. The Morgan fingerprint density at radius 3 is 2.47 bits per heavy atom. The number of carbonyl (C=O) groups is 1. The first kappa shape index (κ1) is 24.5. The minimum Gasteiger partial charge on any atom is -0.339 e. The van der Waals surface area contributed by atoms with E-state index in [0.29, 0.717) is 35.2 Å². The molecule has 0 radical (unpaired) electrons. The van der Waals surface area contributed by atoms with Gasteiger partial charge < -0.3 is 4.90 Å². The number of rotatable bonds is 5. The highest BCUT2D eigenvalue weighted by Gasteiger charge is 2.21. The Hall–Kier alpha value is -3.23. The van der Waals surface area contributed by atoms with Crippen LogP contribution in [0.4, 0.5) is 8.78 Å². The Balaban J connectivity index is 1.60. The fraction of sp³-hybridized carbons (Fsp3) is 0.222. The molecule has 0 saturated carbocycles. The second kappa shape index (κ2) is 10.4. The molecule has 0 spiro atoms. The number of thioether (sulfide) groups is 1. The van der Waals surface area contributed by atoms with E-state index in [1.807, 2.05) is 4.90 Å². The first-order valence-corrected chi connectivity index (χ1v) is 13.0. The lowest BCUT2D eigenvalue weighted by atomic mass is 10.1. The fourth-order valence-corrected chi connectivity index (χ4v) is 5.66. The normalized spacial score (nSPS) is 13.8. The van der Waals surface area contributed by atoms with Crippen LogP contribution in [-0.2, 0) is 5.75 Å². The maximum Gasteiger partial charge on any atom is 0.266 e. The van der Waals surface area contributed by atoms with E-state index in [0.717, 1.165) is 31.0 Å². The van der Waals surface area contributed by atoms with Gasteiger partial charge in [0.2, 0.25) is 0 Å². The van der Waals surface area contributed by atoms with Crippen molar-refractivity contribution in [3.63, 3.8) is 0 Å². The van der Waals surface area contributed by atoms with Crippen LogP contribution in [0.1, 0.15) is 35.2 Å². The molecule has 0 N–H and O–H groups in total. The second-order valence-corrected chi connectivity index (χ2v) is 9.93. The van der Waals surface area contributed by atoms with Crippen LogP contribution >= 0.6 is 23.4 Å². The molecular weight excluding hydrogens is 504 g/mol. The predicted octanol–water partition coefficient (Wildman–Crippen LogP) is 6.24. The average molecular weight is 526 g/mol. The fourth-order valence-electron chi connectivity index (χ4n) is 4.30. The number of hydrogen-bond acceptors (Lipinski definition) is 4. The molecule has 1 saturated heterocycles. The molecule has 1 aromatic heterocycles. The summed E-state index contributed by atoms with van der Waals surface area (Å²) in [6, 6.07) is 14.8. The Kier molecular flexibility index (Phi) is 7.07. The van der Waals surface area contributed by atoms with Gasteiger partial charge in [-0.1, -0.05) is 29.4 Å². The Morgan fingerprint density at radius 1 is 1.00 bits per heavy atom. The van der Waals surface area contributed by atoms with E-state index in [1.54, 1.807) is 24.3 Å². The van der Waals surface area contributed by atoms with Gasteiger partial charge in [0.25, 0.3) is 11.5 Å².